The van der Waals surface area contributed by atoms with Gasteiger partial charge in [-0.15, -0.1) is 22.7 Å². The third-order valence-electron chi connectivity index (χ3n) is 7.28. The fraction of sp³-hybridized carbons (Fsp3) is 0.613. The zero-order valence-corrected chi connectivity index (χ0v) is 31.0. The Bertz CT molecular complexity index is 1390. The number of carboxylic acid groups (broad SMARTS) is 2. The molecule has 2 aromatic rings. The number of rotatable bonds is 20. The van der Waals surface area contributed by atoms with Crippen LogP contribution in [0, 0.1) is 17.8 Å². The summed E-state index contributed by atoms with van der Waals surface area (Å²) in [6.07, 6.45) is 1.19. The van der Waals surface area contributed by atoms with Gasteiger partial charge in [0, 0.05) is 49.0 Å². The molecule has 0 aliphatic heterocycles. The van der Waals surface area contributed by atoms with E-state index in [9.17, 15) is 28.8 Å². The van der Waals surface area contributed by atoms with Crippen molar-refractivity contribution in [2.75, 3.05) is 14.1 Å². The van der Waals surface area contributed by atoms with Crippen molar-refractivity contribution in [2.24, 2.45) is 17.8 Å². The fourth-order valence-corrected chi connectivity index (χ4v) is 6.54. The van der Waals surface area contributed by atoms with Crippen LogP contribution >= 0.6 is 22.7 Å². The molecule has 18 heteroatoms. The lowest BCUT2D eigenvalue weighted by Crippen LogP contribution is -2.40. The highest BCUT2D eigenvalue weighted by atomic mass is 32.1. The first kappa shape index (κ1) is 43.6. The number of hydrogen-bond acceptors (Lipinski definition) is 14. The first-order valence-corrected chi connectivity index (χ1v) is 17.4. The lowest BCUT2D eigenvalue weighted by Gasteiger charge is -2.32. The average molecular weight is 720 g/mol. The molecule has 2 N–H and O–H groups in total. The van der Waals surface area contributed by atoms with E-state index in [-0.39, 0.29) is 53.6 Å². The zero-order valence-electron chi connectivity index (χ0n) is 29.4. The van der Waals surface area contributed by atoms with Gasteiger partial charge in [0.25, 0.3) is 14.8 Å². The van der Waals surface area contributed by atoms with E-state index < -0.39 is 30.1 Å². The summed E-state index contributed by atoms with van der Waals surface area (Å²) in [5.41, 5.74) is -0.139. The third kappa shape index (κ3) is 15.3. The first-order valence-electron chi connectivity index (χ1n) is 15.7. The van der Waals surface area contributed by atoms with E-state index in [1.807, 2.05) is 41.5 Å². The molecule has 0 aromatic carbocycles. The maximum Gasteiger partial charge on any atom is 0.355 e. The maximum absolute atomic E-state index is 12.2. The highest BCUT2D eigenvalue weighted by Gasteiger charge is 2.30. The molecule has 2 aromatic heterocycles. The average Bonchev–Trinajstić information content (AvgIpc) is 3.68. The molecule has 4 atom stereocenters. The van der Waals surface area contributed by atoms with Crippen LogP contribution in [-0.2, 0) is 28.7 Å². The number of esters is 2. The summed E-state index contributed by atoms with van der Waals surface area (Å²) < 4.78 is 11.0. The smallest absolute Gasteiger partial charge is 0.355 e. The van der Waals surface area contributed by atoms with E-state index in [2.05, 4.69) is 9.97 Å². The summed E-state index contributed by atoms with van der Waals surface area (Å²) in [7, 11) is 6.41. The van der Waals surface area contributed by atoms with Gasteiger partial charge in [0.2, 0.25) is 0 Å². The Kier molecular flexibility index (Phi) is 19.2. The van der Waals surface area contributed by atoms with Crippen molar-refractivity contribution < 1.29 is 48.5 Å². The Morgan fingerprint density at radius 3 is 1.45 bits per heavy atom. The summed E-state index contributed by atoms with van der Waals surface area (Å²) >= 11 is 2.30. The predicted molar refractivity (Wildman–Crippen MR) is 188 cm³/mol. The lowest BCUT2D eigenvalue weighted by molar-refractivity contribution is -0.151. The van der Waals surface area contributed by atoms with Crippen LogP contribution in [0.1, 0.15) is 111 Å². The largest absolute Gasteiger partial charge is 0.476 e. The Balaban J connectivity index is 0.000000494. The van der Waals surface area contributed by atoms with Crippen molar-refractivity contribution in [1.82, 2.24) is 19.6 Å². The van der Waals surface area contributed by atoms with Gasteiger partial charge in [-0.3, -0.25) is 9.59 Å². The molecule has 14 nitrogen and oxygen atoms in total. The molecule has 0 saturated carbocycles. The third-order valence-corrected chi connectivity index (χ3v) is 9.15. The molecule has 0 aliphatic carbocycles. The quantitative estimate of drug-likeness (QED) is 0.112. The number of hydrogen-bond donors (Lipinski definition) is 2. The van der Waals surface area contributed by atoms with Crippen molar-refractivity contribution in [2.45, 2.75) is 92.0 Å². The van der Waals surface area contributed by atoms with Gasteiger partial charge >= 0.3 is 23.9 Å². The van der Waals surface area contributed by atoms with Crippen molar-refractivity contribution in [3.05, 3.63) is 32.2 Å². The minimum Gasteiger partial charge on any atom is -0.476 e. The number of carbonyl (C=O) groups excluding carboxylic acids is 4. The standard InChI is InChI=1S/C17H26BN2O5S.C14H20BN2O5S/c1-10(2)6-15(22)25-14(16-19-12(8-26-16)17(23)24)7-13(11(3)4)20(5)18-9-21;1-8(2)11(17(4)15-7-18)5-12(22-9(3)19)13-16-10(6-23-13)14(20)21/h8-11,13-14H,6-7H2,1-5H3,(H,23,24);6-8,11-12H,5H2,1-4H3,(H,20,21)/t13-,14-;11?,12-/m00/s1. The summed E-state index contributed by atoms with van der Waals surface area (Å²) in [6.45, 7) is 13.2. The van der Waals surface area contributed by atoms with E-state index in [4.69, 9.17) is 19.7 Å². The summed E-state index contributed by atoms with van der Waals surface area (Å²) in [5.74, 6) is -2.53. The van der Waals surface area contributed by atoms with E-state index in [1.54, 1.807) is 23.7 Å². The molecule has 2 heterocycles. The monoisotopic (exact) mass is 720 g/mol. The van der Waals surface area contributed by atoms with Crippen LogP contribution in [0.25, 0.3) is 0 Å². The second-order valence-electron chi connectivity index (χ2n) is 12.4. The molecule has 0 amide bonds. The van der Waals surface area contributed by atoms with Crippen LogP contribution in [0.5, 0.6) is 0 Å². The second-order valence-corrected chi connectivity index (χ2v) is 14.2. The van der Waals surface area contributed by atoms with Crippen LogP contribution in [0.15, 0.2) is 10.8 Å². The minimum absolute atomic E-state index is 0.0659. The normalized spacial score (nSPS) is 13.7. The summed E-state index contributed by atoms with van der Waals surface area (Å²) in [6, 6.07) is -0.143. The molecule has 0 aliphatic rings. The Morgan fingerprint density at radius 1 is 0.776 bits per heavy atom. The van der Waals surface area contributed by atoms with Gasteiger partial charge in [-0.1, -0.05) is 41.5 Å². The number of ether oxygens (including phenoxy) is 2. The van der Waals surface area contributed by atoms with Gasteiger partial charge in [-0.05, 0) is 31.8 Å². The van der Waals surface area contributed by atoms with E-state index in [0.29, 0.717) is 35.2 Å². The Labute approximate surface area is 297 Å². The molecular formula is C31H46B2N4O10S2. The molecule has 0 bridgehead atoms. The molecular weight excluding hydrogens is 674 g/mol. The van der Waals surface area contributed by atoms with Crippen molar-refractivity contribution in [3.63, 3.8) is 0 Å². The van der Waals surface area contributed by atoms with Crippen molar-refractivity contribution >= 4 is 73.8 Å². The number of thiazole rings is 2. The van der Waals surface area contributed by atoms with Crippen molar-refractivity contribution in [1.29, 1.82) is 0 Å². The van der Waals surface area contributed by atoms with Gasteiger partial charge in [0.1, 0.15) is 10.0 Å². The topological polar surface area (TPSA) is 194 Å². The molecule has 2 radical (unpaired) electrons. The van der Waals surface area contributed by atoms with Gasteiger partial charge in [-0.25, -0.2) is 19.6 Å². The lowest BCUT2D eigenvalue weighted by atomic mass is 9.86. The molecule has 0 saturated heterocycles. The predicted octanol–water partition coefficient (Wildman–Crippen LogP) is 4.23. The van der Waals surface area contributed by atoms with Crippen LogP contribution in [0.2, 0.25) is 0 Å². The number of carbonyl (C=O) groups is 6. The van der Waals surface area contributed by atoms with Crippen LogP contribution in [0.3, 0.4) is 0 Å². The van der Waals surface area contributed by atoms with Crippen LogP contribution < -0.4 is 0 Å². The number of carboxylic acids is 2. The van der Waals surface area contributed by atoms with Gasteiger partial charge in [0.05, 0.1) is 12.4 Å². The number of nitrogens with zero attached hydrogens (tertiary/aromatic N) is 4. The number of aromatic carboxylic acids is 2. The van der Waals surface area contributed by atoms with Gasteiger partial charge < -0.3 is 38.9 Å². The molecule has 0 spiro atoms. The summed E-state index contributed by atoms with van der Waals surface area (Å²) in [4.78, 5) is 78.8. The van der Waals surface area contributed by atoms with E-state index in [1.165, 1.54) is 32.5 Å². The highest BCUT2D eigenvalue weighted by molar-refractivity contribution is 7.10. The molecule has 268 valence electrons. The van der Waals surface area contributed by atoms with Crippen LogP contribution in [-0.4, -0.2) is 107 Å². The fourth-order valence-electron chi connectivity index (χ4n) is 4.88. The summed E-state index contributed by atoms with van der Waals surface area (Å²) in [5, 5.41) is 21.8. The van der Waals surface area contributed by atoms with Crippen LogP contribution in [0.4, 0.5) is 0 Å². The SMILES string of the molecule is CC(=O)O[C@@H](CC(C(C)C)N(C)[B]C=O)c1nc(C(=O)O)cs1.CC(C)CC(=O)O[C@@H](C[C@@H](C(C)C)N(C)[B]C=O)c1nc(C(=O)O)cs1. The zero-order chi connectivity index (χ0) is 37.4. The Hall–Kier alpha value is -3.47. The first-order chi connectivity index (χ1) is 22.9. The highest BCUT2D eigenvalue weighted by Crippen LogP contribution is 2.31. The van der Waals surface area contributed by atoms with E-state index >= 15 is 0 Å². The number of aromatic nitrogens is 2. The van der Waals surface area contributed by atoms with Gasteiger partial charge in [-0.2, -0.15) is 0 Å². The second kappa shape index (κ2) is 21.6. The van der Waals surface area contributed by atoms with Crippen molar-refractivity contribution in [3.8, 4) is 0 Å². The van der Waals surface area contributed by atoms with Gasteiger partial charge in [0.15, 0.2) is 23.6 Å². The van der Waals surface area contributed by atoms with E-state index in [0.717, 1.165) is 22.7 Å². The molecule has 49 heavy (non-hydrogen) atoms. The molecule has 0 fully saturated rings. The molecule has 1 unspecified atom stereocenters. The minimum atomic E-state index is -1.12. The maximum atomic E-state index is 12.2. The Morgan fingerprint density at radius 2 is 1.16 bits per heavy atom. The molecule has 2 rings (SSSR count).